The fourth-order valence-corrected chi connectivity index (χ4v) is 1.63. The molecule has 2 aromatic rings. The lowest BCUT2D eigenvalue weighted by atomic mass is 10.1. The molecule has 1 heterocycles. The SMILES string of the molecule is COc1cc(N)c(-c2ccc[nH]2)cc1OC. The van der Waals surface area contributed by atoms with E-state index in [-0.39, 0.29) is 0 Å². The number of hydrogen-bond acceptors (Lipinski definition) is 3. The highest BCUT2D eigenvalue weighted by Crippen LogP contribution is 2.36. The fraction of sp³-hybridized carbons (Fsp3) is 0.167. The molecule has 0 aliphatic carbocycles. The molecule has 0 aliphatic rings. The molecule has 16 heavy (non-hydrogen) atoms. The number of anilines is 1. The van der Waals surface area contributed by atoms with Crippen molar-refractivity contribution in [2.45, 2.75) is 0 Å². The van der Waals surface area contributed by atoms with E-state index in [1.165, 1.54) is 0 Å². The molecule has 0 saturated heterocycles. The van der Waals surface area contributed by atoms with Gasteiger partial charge < -0.3 is 20.2 Å². The van der Waals surface area contributed by atoms with Crippen LogP contribution in [0.3, 0.4) is 0 Å². The lowest BCUT2D eigenvalue weighted by Crippen LogP contribution is -1.96. The summed E-state index contributed by atoms with van der Waals surface area (Å²) in [4.78, 5) is 3.11. The van der Waals surface area contributed by atoms with Crippen molar-refractivity contribution in [1.82, 2.24) is 4.98 Å². The molecule has 0 saturated carbocycles. The third-order valence-corrected chi connectivity index (χ3v) is 2.44. The monoisotopic (exact) mass is 218 g/mol. The van der Waals surface area contributed by atoms with Gasteiger partial charge in [0.2, 0.25) is 0 Å². The van der Waals surface area contributed by atoms with Crippen molar-refractivity contribution in [2.75, 3.05) is 20.0 Å². The second kappa shape index (κ2) is 4.18. The molecule has 4 nitrogen and oxygen atoms in total. The Morgan fingerprint density at radius 1 is 1.12 bits per heavy atom. The molecular weight excluding hydrogens is 204 g/mol. The summed E-state index contributed by atoms with van der Waals surface area (Å²) in [6.07, 6.45) is 1.85. The molecule has 0 aliphatic heterocycles. The second-order valence-electron chi connectivity index (χ2n) is 3.38. The first-order valence-corrected chi connectivity index (χ1v) is 4.91. The molecule has 0 bridgehead atoms. The van der Waals surface area contributed by atoms with Crippen LogP contribution in [0.15, 0.2) is 30.5 Å². The summed E-state index contributed by atoms with van der Waals surface area (Å²) in [6, 6.07) is 7.50. The van der Waals surface area contributed by atoms with Crippen LogP contribution in [0.2, 0.25) is 0 Å². The van der Waals surface area contributed by atoms with Gasteiger partial charge in [-0.1, -0.05) is 0 Å². The quantitative estimate of drug-likeness (QED) is 0.777. The molecule has 4 heteroatoms. The Bertz CT molecular complexity index is 478. The minimum atomic E-state index is 0.635. The average molecular weight is 218 g/mol. The highest BCUT2D eigenvalue weighted by molar-refractivity contribution is 5.77. The lowest BCUT2D eigenvalue weighted by molar-refractivity contribution is 0.355. The van der Waals surface area contributed by atoms with E-state index in [9.17, 15) is 0 Å². The smallest absolute Gasteiger partial charge is 0.162 e. The summed E-state index contributed by atoms with van der Waals surface area (Å²) >= 11 is 0. The first-order chi connectivity index (χ1) is 7.76. The van der Waals surface area contributed by atoms with Crippen LogP contribution in [0.1, 0.15) is 0 Å². The normalized spacial score (nSPS) is 10.1. The second-order valence-corrected chi connectivity index (χ2v) is 3.38. The largest absolute Gasteiger partial charge is 0.493 e. The number of hydrogen-bond donors (Lipinski definition) is 2. The molecule has 84 valence electrons. The van der Waals surface area contributed by atoms with E-state index >= 15 is 0 Å². The number of nitrogens with two attached hydrogens (primary N) is 1. The molecule has 0 amide bonds. The highest BCUT2D eigenvalue weighted by Gasteiger charge is 2.10. The third-order valence-electron chi connectivity index (χ3n) is 2.44. The van der Waals surface area contributed by atoms with Crippen LogP contribution in [0, 0.1) is 0 Å². The van der Waals surface area contributed by atoms with Crippen LogP contribution in [0.25, 0.3) is 11.3 Å². The first kappa shape index (κ1) is 10.4. The zero-order chi connectivity index (χ0) is 11.5. The van der Waals surface area contributed by atoms with E-state index in [1.807, 2.05) is 24.4 Å². The Hall–Kier alpha value is -2.10. The van der Waals surface area contributed by atoms with Gasteiger partial charge in [-0.3, -0.25) is 0 Å². The van der Waals surface area contributed by atoms with E-state index in [1.54, 1.807) is 20.3 Å². The number of ether oxygens (including phenoxy) is 2. The zero-order valence-electron chi connectivity index (χ0n) is 9.28. The van der Waals surface area contributed by atoms with Crippen molar-refractivity contribution < 1.29 is 9.47 Å². The number of aromatic amines is 1. The lowest BCUT2D eigenvalue weighted by Gasteiger charge is -2.11. The van der Waals surface area contributed by atoms with Crippen molar-refractivity contribution in [3.63, 3.8) is 0 Å². The summed E-state index contributed by atoms with van der Waals surface area (Å²) < 4.78 is 10.4. The maximum atomic E-state index is 5.96. The van der Waals surface area contributed by atoms with Crippen LogP contribution < -0.4 is 15.2 Å². The third kappa shape index (κ3) is 1.69. The van der Waals surface area contributed by atoms with Gasteiger partial charge in [-0.05, 0) is 18.2 Å². The fourth-order valence-electron chi connectivity index (χ4n) is 1.63. The van der Waals surface area contributed by atoms with Crippen molar-refractivity contribution >= 4 is 5.69 Å². The number of nitrogen functional groups attached to an aromatic ring is 1. The van der Waals surface area contributed by atoms with Gasteiger partial charge in [0.25, 0.3) is 0 Å². The molecule has 0 fully saturated rings. The maximum absolute atomic E-state index is 5.96. The predicted octanol–water partition coefficient (Wildman–Crippen LogP) is 2.28. The first-order valence-electron chi connectivity index (χ1n) is 4.91. The Morgan fingerprint density at radius 2 is 1.81 bits per heavy atom. The van der Waals surface area contributed by atoms with Gasteiger partial charge in [-0.15, -0.1) is 0 Å². The van der Waals surface area contributed by atoms with E-state index in [0.717, 1.165) is 11.3 Å². The number of rotatable bonds is 3. The summed E-state index contributed by atoms with van der Waals surface area (Å²) in [6.45, 7) is 0. The molecule has 0 unspecified atom stereocenters. The topological polar surface area (TPSA) is 60.3 Å². The standard InChI is InChI=1S/C12H14N2O2/c1-15-11-6-8(10-4-3-5-14-10)9(13)7-12(11)16-2/h3-7,14H,13H2,1-2H3. The minimum Gasteiger partial charge on any atom is -0.493 e. The summed E-state index contributed by atoms with van der Waals surface area (Å²) in [5, 5.41) is 0. The van der Waals surface area contributed by atoms with Gasteiger partial charge in [-0.25, -0.2) is 0 Å². The number of nitrogens with one attached hydrogen (secondary N) is 1. The Morgan fingerprint density at radius 3 is 2.38 bits per heavy atom. The Kier molecular flexibility index (Phi) is 2.72. The van der Waals surface area contributed by atoms with Crippen LogP contribution in [-0.2, 0) is 0 Å². The number of H-pyrrole nitrogens is 1. The number of methoxy groups -OCH3 is 2. The van der Waals surface area contributed by atoms with Gasteiger partial charge in [0.05, 0.1) is 14.2 Å². The molecular formula is C12H14N2O2. The van der Waals surface area contributed by atoms with Gasteiger partial charge in [0.15, 0.2) is 11.5 Å². The van der Waals surface area contributed by atoms with Gasteiger partial charge in [0.1, 0.15) is 0 Å². The zero-order valence-corrected chi connectivity index (χ0v) is 9.28. The van der Waals surface area contributed by atoms with Crippen LogP contribution in [0.5, 0.6) is 11.5 Å². The summed E-state index contributed by atoms with van der Waals surface area (Å²) in [7, 11) is 3.19. The summed E-state index contributed by atoms with van der Waals surface area (Å²) in [5.74, 6) is 1.30. The Labute approximate surface area is 94.0 Å². The molecule has 0 spiro atoms. The Balaban J connectivity index is 2.55. The van der Waals surface area contributed by atoms with E-state index in [2.05, 4.69) is 4.98 Å². The van der Waals surface area contributed by atoms with Crippen LogP contribution >= 0.6 is 0 Å². The molecule has 0 radical (unpaired) electrons. The van der Waals surface area contributed by atoms with Gasteiger partial charge >= 0.3 is 0 Å². The van der Waals surface area contributed by atoms with Crippen molar-refractivity contribution in [3.05, 3.63) is 30.5 Å². The van der Waals surface area contributed by atoms with Crippen LogP contribution in [-0.4, -0.2) is 19.2 Å². The number of benzene rings is 1. The molecule has 1 aromatic heterocycles. The van der Waals surface area contributed by atoms with E-state index < -0.39 is 0 Å². The van der Waals surface area contributed by atoms with Crippen LogP contribution in [0.4, 0.5) is 5.69 Å². The van der Waals surface area contributed by atoms with Crippen molar-refractivity contribution in [3.8, 4) is 22.8 Å². The summed E-state index contributed by atoms with van der Waals surface area (Å²) in [5.41, 5.74) is 8.47. The molecule has 3 N–H and O–H groups in total. The predicted molar refractivity (Wildman–Crippen MR) is 63.7 cm³/mol. The van der Waals surface area contributed by atoms with E-state index in [4.69, 9.17) is 15.2 Å². The molecule has 1 aromatic carbocycles. The van der Waals surface area contributed by atoms with Crippen molar-refractivity contribution in [2.24, 2.45) is 0 Å². The molecule has 0 atom stereocenters. The van der Waals surface area contributed by atoms with Gasteiger partial charge in [-0.2, -0.15) is 0 Å². The average Bonchev–Trinajstić information content (AvgIpc) is 2.82. The van der Waals surface area contributed by atoms with Crippen molar-refractivity contribution in [1.29, 1.82) is 0 Å². The maximum Gasteiger partial charge on any atom is 0.162 e. The van der Waals surface area contributed by atoms with E-state index in [0.29, 0.717) is 17.2 Å². The molecule has 2 rings (SSSR count). The highest BCUT2D eigenvalue weighted by atomic mass is 16.5. The minimum absolute atomic E-state index is 0.635. The number of aromatic nitrogens is 1. The van der Waals surface area contributed by atoms with Gasteiger partial charge in [0, 0.05) is 29.2 Å².